The molecule has 17 heavy (non-hydrogen) atoms. The lowest BCUT2D eigenvalue weighted by atomic mass is 10.0. The Morgan fingerprint density at radius 3 is 2.76 bits per heavy atom. The molecule has 1 N–H and O–H groups in total. The van der Waals surface area contributed by atoms with E-state index in [1.54, 1.807) is 0 Å². The van der Waals surface area contributed by atoms with Crippen molar-refractivity contribution in [2.24, 2.45) is 0 Å². The molecule has 0 saturated heterocycles. The van der Waals surface area contributed by atoms with E-state index in [0.717, 1.165) is 18.9 Å². The number of hydrogen-bond donors (Lipinski definition) is 1. The van der Waals surface area contributed by atoms with E-state index in [9.17, 15) is 8.78 Å². The van der Waals surface area contributed by atoms with E-state index in [-0.39, 0.29) is 6.04 Å². The maximum atomic E-state index is 13.5. The van der Waals surface area contributed by atoms with Crippen molar-refractivity contribution in [1.29, 1.82) is 5.26 Å². The van der Waals surface area contributed by atoms with Crippen LogP contribution in [-0.4, -0.2) is 6.54 Å². The van der Waals surface area contributed by atoms with Gasteiger partial charge in [-0.3, -0.25) is 0 Å². The molecule has 0 radical (unpaired) electrons. The average Bonchev–Trinajstić information content (AvgIpc) is 2.31. The van der Waals surface area contributed by atoms with Gasteiger partial charge in [-0.15, -0.1) is 0 Å². The van der Waals surface area contributed by atoms with Gasteiger partial charge in [-0.05, 0) is 25.5 Å². The lowest BCUT2D eigenvalue weighted by Gasteiger charge is -2.17. The molecule has 0 amide bonds. The van der Waals surface area contributed by atoms with Crippen molar-refractivity contribution in [3.8, 4) is 6.07 Å². The number of halogens is 2. The summed E-state index contributed by atoms with van der Waals surface area (Å²) in [6.45, 7) is 2.59. The molecule has 0 aromatic heterocycles. The van der Waals surface area contributed by atoms with E-state index >= 15 is 0 Å². The number of nitrogens with zero attached hydrogens (tertiary/aromatic N) is 1. The monoisotopic (exact) mass is 238 g/mol. The molecular formula is C13H16F2N2. The summed E-state index contributed by atoms with van der Waals surface area (Å²) >= 11 is 0. The van der Waals surface area contributed by atoms with Crippen LogP contribution in [0, 0.1) is 23.0 Å². The van der Waals surface area contributed by atoms with Crippen LogP contribution in [0.2, 0.25) is 0 Å². The highest BCUT2D eigenvalue weighted by Gasteiger charge is 2.13. The van der Waals surface area contributed by atoms with Gasteiger partial charge in [-0.2, -0.15) is 5.26 Å². The fourth-order valence-corrected chi connectivity index (χ4v) is 1.70. The first-order valence-corrected chi connectivity index (χ1v) is 5.74. The molecule has 0 unspecified atom stereocenters. The van der Waals surface area contributed by atoms with Crippen LogP contribution in [0.5, 0.6) is 0 Å². The standard InChI is InChI=1S/C13H16F2N2/c1-2-13(17-8-4-3-7-16)11-6-5-10(14)9-12(11)15/h5-6,9,13,17H,2-4,8H2,1H3/t13-/m0/s1. The number of nitrogens with one attached hydrogen (secondary N) is 1. The third-order valence-corrected chi connectivity index (χ3v) is 2.60. The van der Waals surface area contributed by atoms with Crippen molar-refractivity contribution >= 4 is 0 Å². The van der Waals surface area contributed by atoms with Gasteiger partial charge in [0, 0.05) is 24.1 Å². The summed E-state index contributed by atoms with van der Waals surface area (Å²) < 4.78 is 26.3. The molecule has 1 aromatic rings. The Labute approximate surface area is 100 Å². The first-order chi connectivity index (χ1) is 8.19. The van der Waals surface area contributed by atoms with Gasteiger partial charge in [-0.25, -0.2) is 8.78 Å². The van der Waals surface area contributed by atoms with Gasteiger partial charge in [0.05, 0.1) is 6.07 Å². The van der Waals surface area contributed by atoms with Gasteiger partial charge in [0.2, 0.25) is 0 Å². The van der Waals surface area contributed by atoms with Gasteiger partial charge in [0.25, 0.3) is 0 Å². The van der Waals surface area contributed by atoms with E-state index < -0.39 is 11.6 Å². The summed E-state index contributed by atoms with van der Waals surface area (Å²) in [5.74, 6) is -1.09. The minimum Gasteiger partial charge on any atom is -0.310 e. The van der Waals surface area contributed by atoms with Crippen molar-refractivity contribution < 1.29 is 8.78 Å². The number of benzene rings is 1. The quantitative estimate of drug-likeness (QED) is 0.772. The zero-order valence-electron chi connectivity index (χ0n) is 9.84. The molecule has 1 rings (SSSR count). The molecule has 0 bridgehead atoms. The minimum atomic E-state index is -0.564. The molecule has 0 heterocycles. The summed E-state index contributed by atoms with van der Waals surface area (Å²) in [7, 11) is 0. The third kappa shape index (κ3) is 4.12. The molecule has 0 saturated carbocycles. The van der Waals surface area contributed by atoms with Gasteiger partial charge in [-0.1, -0.05) is 13.0 Å². The SMILES string of the molecule is CC[C@H](NCCCC#N)c1ccc(F)cc1F. The van der Waals surface area contributed by atoms with Crippen molar-refractivity contribution in [3.63, 3.8) is 0 Å². The number of nitriles is 1. The predicted octanol–water partition coefficient (Wildman–Crippen LogP) is 3.31. The Balaban J connectivity index is 2.63. The molecule has 0 fully saturated rings. The smallest absolute Gasteiger partial charge is 0.130 e. The summed E-state index contributed by atoms with van der Waals surface area (Å²) in [6.07, 6.45) is 1.93. The van der Waals surface area contributed by atoms with Crippen LogP contribution in [0.25, 0.3) is 0 Å². The van der Waals surface area contributed by atoms with Crippen molar-refractivity contribution in [2.75, 3.05) is 6.54 Å². The van der Waals surface area contributed by atoms with E-state index in [2.05, 4.69) is 11.4 Å². The second kappa shape index (κ2) is 6.97. The highest BCUT2D eigenvalue weighted by Crippen LogP contribution is 2.20. The van der Waals surface area contributed by atoms with E-state index in [1.807, 2.05) is 6.92 Å². The van der Waals surface area contributed by atoms with Crippen molar-refractivity contribution in [3.05, 3.63) is 35.4 Å². The molecule has 0 aliphatic carbocycles. The van der Waals surface area contributed by atoms with Crippen LogP contribution in [0.15, 0.2) is 18.2 Å². The summed E-state index contributed by atoms with van der Waals surface area (Å²) in [6, 6.07) is 5.55. The summed E-state index contributed by atoms with van der Waals surface area (Å²) in [4.78, 5) is 0. The lowest BCUT2D eigenvalue weighted by molar-refractivity contribution is 0.480. The van der Waals surface area contributed by atoms with Gasteiger partial charge in [0.1, 0.15) is 11.6 Å². The van der Waals surface area contributed by atoms with Gasteiger partial charge >= 0.3 is 0 Å². The molecule has 92 valence electrons. The Hall–Kier alpha value is -1.47. The van der Waals surface area contributed by atoms with Crippen LogP contribution >= 0.6 is 0 Å². The molecule has 1 aromatic carbocycles. The topological polar surface area (TPSA) is 35.8 Å². The van der Waals surface area contributed by atoms with Crippen molar-refractivity contribution in [2.45, 2.75) is 32.2 Å². The molecule has 2 nitrogen and oxygen atoms in total. The molecule has 0 aliphatic rings. The molecule has 1 atom stereocenters. The molecular weight excluding hydrogens is 222 g/mol. The Kier molecular flexibility index (Phi) is 5.58. The van der Waals surface area contributed by atoms with E-state index in [4.69, 9.17) is 5.26 Å². The fourth-order valence-electron chi connectivity index (χ4n) is 1.70. The van der Waals surface area contributed by atoms with E-state index in [1.165, 1.54) is 12.1 Å². The summed E-state index contributed by atoms with van der Waals surface area (Å²) in [5, 5.41) is 11.6. The predicted molar refractivity (Wildman–Crippen MR) is 62.2 cm³/mol. The fraction of sp³-hybridized carbons (Fsp3) is 0.462. The van der Waals surface area contributed by atoms with Crippen LogP contribution in [0.1, 0.15) is 37.8 Å². The normalized spacial score (nSPS) is 12.1. The average molecular weight is 238 g/mol. The highest BCUT2D eigenvalue weighted by atomic mass is 19.1. The minimum absolute atomic E-state index is 0.130. The Morgan fingerprint density at radius 2 is 2.18 bits per heavy atom. The third-order valence-electron chi connectivity index (χ3n) is 2.60. The van der Waals surface area contributed by atoms with E-state index in [0.29, 0.717) is 18.5 Å². The zero-order valence-corrected chi connectivity index (χ0v) is 9.84. The summed E-state index contributed by atoms with van der Waals surface area (Å²) in [5.41, 5.74) is 0.478. The number of unbranched alkanes of at least 4 members (excludes halogenated alkanes) is 1. The Bertz CT molecular complexity index is 399. The van der Waals surface area contributed by atoms with Gasteiger partial charge < -0.3 is 5.32 Å². The first kappa shape index (κ1) is 13.6. The highest BCUT2D eigenvalue weighted by molar-refractivity contribution is 5.22. The number of hydrogen-bond acceptors (Lipinski definition) is 2. The second-order valence-corrected chi connectivity index (χ2v) is 3.84. The lowest BCUT2D eigenvalue weighted by Crippen LogP contribution is -2.22. The first-order valence-electron chi connectivity index (χ1n) is 5.74. The van der Waals surface area contributed by atoms with Crippen LogP contribution in [0.3, 0.4) is 0 Å². The number of rotatable bonds is 6. The maximum absolute atomic E-state index is 13.5. The largest absolute Gasteiger partial charge is 0.310 e. The maximum Gasteiger partial charge on any atom is 0.130 e. The molecule has 0 aliphatic heterocycles. The Morgan fingerprint density at radius 1 is 1.41 bits per heavy atom. The van der Waals surface area contributed by atoms with Crippen molar-refractivity contribution in [1.82, 2.24) is 5.32 Å². The van der Waals surface area contributed by atoms with Gasteiger partial charge in [0.15, 0.2) is 0 Å². The van der Waals surface area contributed by atoms with Crippen LogP contribution < -0.4 is 5.32 Å². The molecule has 0 spiro atoms. The molecule has 4 heteroatoms. The second-order valence-electron chi connectivity index (χ2n) is 3.84. The zero-order chi connectivity index (χ0) is 12.7. The van der Waals surface area contributed by atoms with Crippen LogP contribution in [0.4, 0.5) is 8.78 Å². The van der Waals surface area contributed by atoms with Crippen LogP contribution in [-0.2, 0) is 0 Å².